The van der Waals surface area contributed by atoms with Gasteiger partial charge in [0, 0.05) is 42.4 Å². The molecule has 0 saturated carbocycles. The third kappa shape index (κ3) is 4.28. The number of benzene rings is 2. The second kappa shape index (κ2) is 8.68. The predicted octanol–water partition coefficient (Wildman–Crippen LogP) is 3.67. The number of aromatic nitrogens is 2. The molecule has 3 aromatic rings. The first-order valence-corrected chi connectivity index (χ1v) is 10.1. The molecule has 6 nitrogen and oxygen atoms in total. The van der Waals surface area contributed by atoms with Crippen molar-refractivity contribution in [1.29, 1.82) is 0 Å². The van der Waals surface area contributed by atoms with Crippen molar-refractivity contribution in [2.75, 3.05) is 26.3 Å². The average molecular weight is 393 g/mol. The van der Waals surface area contributed by atoms with E-state index in [2.05, 4.69) is 22.0 Å². The van der Waals surface area contributed by atoms with Crippen LogP contribution in [0.1, 0.15) is 29.8 Å². The fourth-order valence-electron chi connectivity index (χ4n) is 4.05. The molecule has 1 atom stereocenters. The van der Waals surface area contributed by atoms with Crippen molar-refractivity contribution in [2.45, 2.75) is 25.8 Å². The molecule has 1 fully saturated rings. The number of aromatic amines is 1. The largest absolute Gasteiger partial charge is 0.508 e. The standard InChI is InChI=1S/C23H27N3O3/c1-2-20-21(24-25-23(20)17-5-9-19(28)10-6-17)15-22(26-11-13-29-14-12-26)16-3-7-18(27)8-4-16/h3-10,22,27-28H,2,11-15H2,1H3,(H,24,25). The van der Waals surface area contributed by atoms with Crippen LogP contribution in [-0.2, 0) is 17.6 Å². The maximum absolute atomic E-state index is 9.70. The van der Waals surface area contributed by atoms with Gasteiger partial charge in [-0.2, -0.15) is 5.10 Å². The van der Waals surface area contributed by atoms with Crippen LogP contribution in [0.5, 0.6) is 11.5 Å². The van der Waals surface area contributed by atoms with Crippen LogP contribution in [0, 0.1) is 0 Å². The van der Waals surface area contributed by atoms with Crippen molar-refractivity contribution in [2.24, 2.45) is 0 Å². The Morgan fingerprint density at radius 3 is 2.24 bits per heavy atom. The van der Waals surface area contributed by atoms with E-state index >= 15 is 0 Å². The fraction of sp³-hybridized carbons (Fsp3) is 0.348. The van der Waals surface area contributed by atoms with Crippen molar-refractivity contribution in [3.63, 3.8) is 0 Å². The molecule has 1 aliphatic heterocycles. The van der Waals surface area contributed by atoms with Gasteiger partial charge in [-0.05, 0) is 48.4 Å². The lowest BCUT2D eigenvalue weighted by Gasteiger charge is -2.35. The third-order valence-electron chi connectivity index (χ3n) is 5.61. The van der Waals surface area contributed by atoms with Crippen LogP contribution in [0.25, 0.3) is 11.3 Å². The third-order valence-corrected chi connectivity index (χ3v) is 5.61. The number of ether oxygens (including phenoxy) is 1. The van der Waals surface area contributed by atoms with E-state index in [-0.39, 0.29) is 17.5 Å². The van der Waals surface area contributed by atoms with E-state index in [1.807, 2.05) is 24.3 Å². The molecular formula is C23H27N3O3. The molecule has 1 unspecified atom stereocenters. The molecule has 1 aliphatic rings. The van der Waals surface area contributed by atoms with Crippen LogP contribution < -0.4 is 0 Å². The summed E-state index contributed by atoms with van der Waals surface area (Å²) in [5.74, 6) is 0.530. The average Bonchev–Trinajstić information content (AvgIpc) is 3.16. The molecular weight excluding hydrogens is 366 g/mol. The summed E-state index contributed by atoms with van der Waals surface area (Å²) in [5, 5.41) is 27.2. The van der Waals surface area contributed by atoms with Crippen LogP contribution >= 0.6 is 0 Å². The number of H-pyrrole nitrogens is 1. The second-order valence-corrected chi connectivity index (χ2v) is 7.39. The molecule has 0 bridgehead atoms. The highest BCUT2D eigenvalue weighted by Crippen LogP contribution is 2.31. The SMILES string of the molecule is CCc1c(-c2ccc(O)cc2)n[nH]c1CC(c1ccc(O)cc1)N1CCOCC1. The maximum atomic E-state index is 9.70. The summed E-state index contributed by atoms with van der Waals surface area (Å²) >= 11 is 0. The Kier molecular flexibility index (Phi) is 5.83. The monoisotopic (exact) mass is 393 g/mol. The summed E-state index contributed by atoms with van der Waals surface area (Å²) in [5.41, 5.74) is 5.43. The van der Waals surface area contributed by atoms with Gasteiger partial charge in [0.05, 0.1) is 18.9 Å². The van der Waals surface area contributed by atoms with E-state index in [0.29, 0.717) is 0 Å². The molecule has 2 aromatic carbocycles. The Hall–Kier alpha value is -2.83. The molecule has 0 radical (unpaired) electrons. The number of phenolic OH excluding ortho intramolecular Hbond substituents is 2. The zero-order valence-corrected chi connectivity index (χ0v) is 16.6. The van der Waals surface area contributed by atoms with Gasteiger partial charge >= 0.3 is 0 Å². The van der Waals surface area contributed by atoms with Gasteiger partial charge in [0.1, 0.15) is 11.5 Å². The Labute approximate surface area is 170 Å². The molecule has 0 amide bonds. The number of phenols is 2. The Morgan fingerprint density at radius 2 is 1.62 bits per heavy atom. The zero-order valence-electron chi connectivity index (χ0n) is 16.6. The van der Waals surface area contributed by atoms with Crippen molar-refractivity contribution >= 4 is 0 Å². The summed E-state index contributed by atoms with van der Waals surface area (Å²) in [6.45, 7) is 5.37. The van der Waals surface area contributed by atoms with Crippen molar-refractivity contribution in [1.82, 2.24) is 15.1 Å². The molecule has 6 heteroatoms. The molecule has 1 saturated heterocycles. The molecule has 4 rings (SSSR count). The highest BCUT2D eigenvalue weighted by Gasteiger charge is 2.25. The predicted molar refractivity (Wildman–Crippen MR) is 112 cm³/mol. The highest BCUT2D eigenvalue weighted by molar-refractivity contribution is 5.64. The summed E-state index contributed by atoms with van der Waals surface area (Å²) in [6.07, 6.45) is 1.67. The number of rotatable bonds is 6. The number of hydrogen-bond donors (Lipinski definition) is 3. The van der Waals surface area contributed by atoms with E-state index in [0.717, 1.165) is 56.1 Å². The lowest BCUT2D eigenvalue weighted by atomic mass is 9.95. The zero-order chi connectivity index (χ0) is 20.2. The van der Waals surface area contributed by atoms with Crippen LogP contribution in [0.4, 0.5) is 0 Å². The van der Waals surface area contributed by atoms with E-state index < -0.39 is 0 Å². The molecule has 0 aliphatic carbocycles. The van der Waals surface area contributed by atoms with Gasteiger partial charge in [0.25, 0.3) is 0 Å². The van der Waals surface area contributed by atoms with E-state index in [1.165, 1.54) is 11.1 Å². The summed E-state index contributed by atoms with van der Waals surface area (Å²) in [7, 11) is 0. The number of nitrogens with one attached hydrogen (secondary N) is 1. The quantitative estimate of drug-likeness (QED) is 0.595. The lowest BCUT2D eigenvalue weighted by Crippen LogP contribution is -2.40. The molecule has 0 spiro atoms. The van der Waals surface area contributed by atoms with Crippen LogP contribution in [0.3, 0.4) is 0 Å². The Bertz CT molecular complexity index is 929. The van der Waals surface area contributed by atoms with Gasteiger partial charge in [0.2, 0.25) is 0 Å². The minimum atomic E-state index is 0.179. The van der Waals surface area contributed by atoms with Gasteiger partial charge in [-0.1, -0.05) is 19.1 Å². The summed E-state index contributed by atoms with van der Waals surface area (Å²) < 4.78 is 5.55. The number of aromatic hydroxyl groups is 2. The van der Waals surface area contributed by atoms with Gasteiger partial charge in [-0.15, -0.1) is 0 Å². The van der Waals surface area contributed by atoms with Gasteiger partial charge in [-0.3, -0.25) is 10.00 Å². The van der Waals surface area contributed by atoms with Gasteiger partial charge in [-0.25, -0.2) is 0 Å². The van der Waals surface area contributed by atoms with Crippen molar-refractivity contribution in [3.05, 3.63) is 65.4 Å². The van der Waals surface area contributed by atoms with Crippen LogP contribution in [0.2, 0.25) is 0 Å². The molecule has 29 heavy (non-hydrogen) atoms. The van der Waals surface area contributed by atoms with E-state index in [9.17, 15) is 10.2 Å². The summed E-state index contributed by atoms with van der Waals surface area (Å²) in [4.78, 5) is 2.44. The van der Waals surface area contributed by atoms with Crippen molar-refractivity contribution < 1.29 is 14.9 Å². The van der Waals surface area contributed by atoms with Crippen LogP contribution in [0.15, 0.2) is 48.5 Å². The first-order valence-electron chi connectivity index (χ1n) is 10.1. The number of hydrogen-bond acceptors (Lipinski definition) is 5. The first-order chi connectivity index (χ1) is 14.2. The molecule has 2 heterocycles. The molecule has 152 valence electrons. The Morgan fingerprint density at radius 1 is 1.00 bits per heavy atom. The normalized spacial score (nSPS) is 16.0. The van der Waals surface area contributed by atoms with E-state index in [1.54, 1.807) is 24.3 Å². The molecule has 3 N–H and O–H groups in total. The lowest BCUT2D eigenvalue weighted by molar-refractivity contribution is 0.0158. The number of nitrogens with zero attached hydrogens (tertiary/aromatic N) is 2. The minimum Gasteiger partial charge on any atom is -0.508 e. The minimum absolute atomic E-state index is 0.179. The number of morpholine rings is 1. The van der Waals surface area contributed by atoms with Crippen molar-refractivity contribution in [3.8, 4) is 22.8 Å². The highest BCUT2D eigenvalue weighted by atomic mass is 16.5. The second-order valence-electron chi connectivity index (χ2n) is 7.39. The van der Waals surface area contributed by atoms with Gasteiger partial charge in [0.15, 0.2) is 0 Å². The molecule has 1 aromatic heterocycles. The smallest absolute Gasteiger partial charge is 0.115 e. The van der Waals surface area contributed by atoms with Crippen LogP contribution in [-0.4, -0.2) is 51.6 Å². The van der Waals surface area contributed by atoms with E-state index in [4.69, 9.17) is 4.74 Å². The summed E-state index contributed by atoms with van der Waals surface area (Å²) in [6, 6.07) is 14.8. The maximum Gasteiger partial charge on any atom is 0.115 e. The topological polar surface area (TPSA) is 81.6 Å². The Balaban J connectivity index is 1.66. The fourth-order valence-corrected chi connectivity index (χ4v) is 4.05. The van der Waals surface area contributed by atoms with Gasteiger partial charge < -0.3 is 14.9 Å². The first kappa shape index (κ1) is 19.5.